The summed E-state index contributed by atoms with van der Waals surface area (Å²) in [6.45, 7) is -0.227. The molecule has 1 aliphatic rings. The van der Waals surface area contributed by atoms with Gasteiger partial charge in [-0.05, 0) is 90.1 Å². The Kier molecular flexibility index (Phi) is 9.10. The highest BCUT2D eigenvalue weighted by atomic mass is 35.5. The van der Waals surface area contributed by atoms with Gasteiger partial charge in [0, 0.05) is 16.3 Å². The van der Waals surface area contributed by atoms with Crippen molar-refractivity contribution in [3.63, 3.8) is 0 Å². The van der Waals surface area contributed by atoms with Crippen LogP contribution in [0.1, 0.15) is 16.9 Å². The smallest absolute Gasteiger partial charge is 0.267 e. The van der Waals surface area contributed by atoms with Crippen LogP contribution < -0.4 is 10.1 Å². The van der Waals surface area contributed by atoms with E-state index in [1.165, 1.54) is 53.8 Å². The monoisotopic (exact) mass is 606 g/mol. The van der Waals surface area contributed by atoms with Gasteiger partial charge in [-0.25, -0.2) is 8.78 Å². The molecule has 1 fully saturated rings. The van der Waals surface area contributed by atoms with E-state index in [2.05, 4.69) is 15.5 Å². The summed E-state index contributed by atoms with van der Waals surface area (Å²) in [5.74, 6) is -0.747. The van der Waals surface area contributed by atoms with E-state index < -0.39 is 11.7 Å². The number of carbonyl (C=O) groups is 2. The van der Waals surface area contributed by atoms with Crippen LogP contribution in [0.15, 0.2) is 105 Å². The molecule has 12 heteroatoms. The highest BCUT2D eigenvalue weighted by molar-refractivity contribution is 8.18. The van der Waals surface area contributed by atoms with Gasteiger partial charge in [0.25, 0.3) is 11.8 Å². The van der Waals surface area contributed by atoms with Gasteiger partial charge in [0.05, 0.1) is 23.9 Å². The molecule has 212 valence electrons. The fourth-order valence-corrected chi connectivity index (χ4v) is 4.86. The molecule has 0 spiro atoms. The molecular weight excluding hydrogens is 586 g/mol. The number of benzene rings is 3. The van der Waals surface area contributed by atoms with Gasteiger partial charge in [0.1, 0.15) is 23.1 Å². The van der Waals surface area contributed by atoms with Gasteiger partial charge in [-0.15, -0.1) is 5.10 Å². The van der Waals surface area contributed by atoms with Crippen molar-refractivity contribution in [3.05, 3.63) is 124 Å². The predicted molar refractivity (Wildman–Crippen MR) is 158 cm³/mol. The first kappa shape index (κ1) is 28.8. The van der Waals surface area contributed by atoms with Crippen LogP contribution in [0.5, 0.6) is 5.75 Å². The topological polar surface area (TPSA) is 96.5 Å². The zero-order valence-electron chi connectivity index (χ0n) is 21.7. The maximum atomic E-state index is 13.5. The molecule has 2 amide bonds. The predicted octanol–water partition coefficient (Wildman–Crippen LogP) is 6.74. The number of hydrogen-bond donors (Lipinski definition) is 1. The SMILES string of the molecule is O=C(COc1ccc(Cl)cc1/C=C1\S/C(=N\N=C\c2ccc(F)cc2)N(Cc2ccco2)C1=O)Nc1ccc(F)cc1. The summed E-state index contributed by atoms with van der Waals surface area (Å²) in [6, 6.07) is 19.3. The fourth-order valence-electron chi connectivity index (χ4n) is 3.75. The zero-order chi connectivity index (χ0) is 29.5. The summed E-state index contributed by atoms with van der Waals surface area (Å²) < 4.78 is 37.5. The minimum absolute atomic E-state index is 0.115. The Morgan fingerprint density at radius 2 is 1.79 bits per heavy atom. The average molecular weight is 607 g/mol. The first-order valence-electron chi connectivity index (χ1n) is 12.4. The summed E-state index contributed by atoms with van der Waals surface area (Å²) >= 11 is 7.32. The Hall–Kier alpha value is -4.74. The standard InChI is InChI=1S/C30H21ClF2N4O4S/c31-21-5-12-26(41-18-28(38)35-24-10-8-23(33)9-11-24)20(14-21)15-27-29(39)37(17-25-2-1-13-40-25)30(42-27)36-34-16-19-3-6-22(32)7-4-19/h1-16H,17-18H2,(H,35,38)/b27-15-,34-16+,36-30-. The van der Waals surface area contributed by atoms with Gasteiger partial charge < -0.3 is 14.5 Å². The molecule has 0 aliphatic carbocycles. The second-order valence-electron chi connectivity index (χ2n) is 8.79. The quantitative estimate of drug-likeness (QED) is 0.129. The maximum absolute atomic E-state index is 13.5. The van der Waals surface area contributed by atoms with Crippen LogP contribution in [0, 0.1) is 11.6 Å². The van der Waals surface area contributed by atoms with E-state index in [1.807, 2.05) is 0 Å². The van der Waals surface area contributed by atoms with E-state index in [1.54, 1.807) is 48.5 Å². The third-order valence-corrected chi connectivity index (χ3v) is 6.98. The summed E-state index contributed by atoms with van der Waals surface area (Å²) in [6.07, 6.45) is 4.54. The number of carbonyl (C=O) groups excluding carboxylic acids is 2. The number of nitrogens with one attached hydrogen (secondary N) is 1. The van der Waals surface area contributed by atoms with Crippen molar-refractivity contribution in [2.75, 3.05) is 11.9 Å². The minimum Gasteiger partial charge on any atom is -0.483 e. The Labute approximate surface area is 248 Å². The van der Waals surface area contributed by atoms with Crippen molar-refractivity contribution in [1.29, 1.82) is 0 Å². The van der Waals surface area contributed by atoms with Gasteiger partial charge in [0.2, 0.25) is 0 Å². The molecule has 1 aliphatic heterocycles. The van der Waals surface area contributed by atoms with E-state index in [9.17, 15) is 18.4 Å². The molecule has 0 saturated carbocycles. The van der Waals surface area contributed by atoms with Crippen LogP contribution in [0.3, 0.4) is 0 Å². The van der Waals surface area contributed by atoms with Crippen LogP contribution >= 0.6 is 23.4 Å². The lowest BCUT2D eigenvalue weighted by molar-refractivity contribution is -0.122. The molecule has 1 saturated heterocycles. The van der Waals surface area contributed by atoms with Crippen LogP contribution in [0.4, 0.5) is 14.5 Å². The molecule has 1 N–H and O–H groups in total. The number of thioether (sulfide) groups is 1. The molecule has 0 radical (unpaired) electrons. The molecule has 42 heavy (non-hydrogen) atoms. The Morgan fingerprint density at radius 1 is 1.05 bits per heavy atom. The van der Waals surface area contributed by atoms with Gasteiger partial charge >= 0.3 is 0 Å². The number of halogens is 3. The van der Waals surface area contributed by atoms with Crippen LogP contribution in [0.2, 0.25) is 5.02 Å². The number of furan rings is 1. The molecule has 8 nitrogen and oxygen atoms in total. The van der Waals surface area contributed by atoms with Crippen LogP contribution in [0.25, 0.3) is 6.08 Å². The highest BCUT2D eigenvalue weighted by Gasteiger charge is 2.34. The molecule has 3 aromatic carbocycles. The van der Waals surface area contributed by atoms with Crippen molar-refractivity contribution in [3.8, 4) is 5.75 Å². The van der Waals surface area contributed by atoms with Gasteiger partial charge in [-0.2, -0.15) is 5.10 Å². The Bertz CT molecular complexity index is 1670. The summed E-state index contributed by atoms with van der Waals surface area (Å²) in [7, 11) is 0. The lowest BCUT2D eigenvalue weighted by Gasteiger charge is -2.13. The number of amides is 2. The molecular formula is C30H21ClF2N4O4S. The van der Waals surface area contributed by atoms with Gasteiger partial charge in [-0.3, -0.25) is 14.5 Å². The second-order valence-corrected chi connectivity index (χ2v) is 10.2. The molecule has 1 aromatic heterocycles. The normalized spacial score (nSPS) is 15.2. The summed E-state index contributed by atoms with van der Waals surface area (Å²) in [4.78, 5) is 27.6. The van der Waals surface area contributed by atoms with Crippen molar-refractivity contribution in [2.24, 2.45) is 10.2 Å². The molecule has 0 bridgehead atoms. The largest absolute Gasteiger partial charge is 0.483 e. The summed E-state index contributed by atoms with van der Waals surface area (Å²) in [5, 5.41) is 11.6. The molecule has 0 unspecified atom stereocenters. The third kappa shape index (κ3) is 7.50. The first-order valence-corrected chi connectivity index (χ1v) is 13.6. The van der Waals surface area contributed by atoms with E-state index in [4.69, 9.17) is 20.8 Å². The lowest BCUT2D eigenvalue weighted by atomic mass is 10.2. The van der Waals surface area contributed by atoms with Crippen LogP contribution in [-0.2, 0) is 16.1 Å². The van der Waals surface area contributed by atoms with Crippen molar-refractivity contribution < 1.29 is 27.5 Å². The lowest BCUT2D eigenvalue weighted by Crippen LogP contribution is -2.28. The van der Waals surface area contributed by atoms with E-state index >= 15 is 0 Å². The third-order valence-electron chi connectivity index (χ3n) is 5.75. The second kappa shape index (κ2) is 13.3. The van der Waals surface area contributed by atoms with Gasteiger partial charge in [-0.1, -0.05) is 23.7 Å². The molecule has 4 aromatic rings. The average Bonchev–Trinajstić information content (AvgIpc) is 3.59. The molecule has 0 atom stereocenters. The summed E-state index contributed by atoms with van der Waals surface area (Å²) in [5.41, 5.74) is 1.51. The number of hydrogen-bond acceptors (Lipinski definition) is 7. The number of amidine groups is 1. The number of nitrogens with zero attached hydrogens (tertiary/aromatic N) is 3. The van der Waals surface area contributed by atoms with E-state index in [0.29, 0.717) is 43.4 Å². The fraction of sp³-hybridized carbons (Fsp3) is 0.0667. The van der Waals surface area contributed by atoms with Crippen LogP contribution in [-0.4, -0.2) is 34.7 Å². The molecule has 2 heterocycles. The van der Waals surface area contributed by atoms with Crippen molar-refractivity contribution >= 4 is 58.3 Å². The van der Waals surface area contributed by atoms with Crippen molar-refractivity contribution in [1.82, 2.24) is 4.90 Å². The van der Waals surface area contributed by atoms with Gasteiger partial charge in [0.15, 0.2) is 11.8 Å². The Morgan fingerprint density at radius 3 is 2.50 bits per heavy atom. The highest BCUT2D eigenvalue weighted by Crippen LogP contribution is 2.36. The first-order chi connectivity index (χ1) is 20.3. The number of ether oxygens (including phenoxy) is 1. The van der Waals surface area contributed by atoms with Crippen molar-refractivity contribution in [2.45, 2.75) is 6.54 Å². The maximum Gasteiger partial charge on any atom is 0.267 e. The number of rotatable bonds is 9. The Balaban J connectivity index is 1.36. The van der Waals surface area contributed by atoms with E-state index in [0.717, 1.165) is 11.8 Å². The minimum atomic E-state index is -0.459. The molecule has 5 rings (SSSR count). The number of anilines is 1. The van der Waals surface area contributed by atoms with E-state index in [-0.39, 0.29) is 24.9 Å². The zero-order valence-corrected chi connectivity index (χ0v) is 23.2.